The van der Waals surface area contributed by atoms with Crippen LogP contribution in [0.5, 0.6) is 0 Å². The number of aromatic nitrogens is 5. The van der Waals surface area contributed by atoms with Crippen LogP contribution in [0.25, 0.3) is 11.2 Å². The fourth-order valence-electron chi connectivity index (χ4n) is 2.00. The highest BCUT2D eigenvalue weighted by molar-refractivity contribution is 5.82. The zero-order valence-corrected chi connectivity index (χ0v) is 8.59. The largest absolute Gasteiger partial charge is 0.355 e. The predicted molar refractivity (Wildman–Crippen MR) is 55.5 cm³/mol. The van der Waals surface area contributed by atoms with Crippen molar-refractivity contribution < 1.29 is 0 Å². The molecule has 0 saturated carbocycles. The van der Waals surface area contributed by atoms with Crippen molar-refractivity contribution in [2.45, 2.75) is 12.8 Å². The number of hydrogen-bond acceptors (Lipinski definition) is 5. The molecule has 6 heteroatoms. The van der Waals surface area contributed by atoms with Crippen molar-refractivity contribution in [3.8, 4) is 0 Å². The Hall–Kier alpha value is -1.72. The van der Waals surface area contributed by atoms with Gasteiger partial charge in [-0.2, -0.15) is 0 Å². The molecule has 1 saturated heterocycles. The maximum atomic E-state index is 4.30. The Morgan fingerprint density at radius 1 is 1.20 bits per heavy atom. The average Bonchev–Trinajstić information content (AvgIpc) is 2.88. The van der Waals surface area contributed by atoms with E-state index in [0.717, 1.165) is 30.1 Å². The molecule has 0 spiro atoms. The number of nitrogens with zero attached hydrogens (tertiary/aromatic N) is 6. The van der Waals surface area contributed by atoms with Gasteiger partial charge < -0.3 is 4.90 Å². The second-order valence-corrected chi connectivity index (χ2v) is 3.78. The Labute approximate surface area is 86.9 Å². The van der Waals surface area contributed by atoms with Crippen molar-refractivity contribution >= 4 is 17.0 Å². The van der Waals surface area contributed by atoms with Crippen LogP contribution in [-0.2, 0) is 7.05 Å². The Balaban J connectivity index is 2.17. The monoisotopic (exact) mass is 204 g/mol. The van der Waals surface area contributed by atoms with E-state index in [4.69, 9.17) is 0 Å². The van der Waals surface area contributed by atoms with E-state index in [2.05, 4.69) is 25.2 Å². The van der Waals surface area contributed by atoms with Gasteiger partial charge >= 0.3 is 0 Å². The van der Waals surface area contributed by atoms with E-state index < -0.39 is 0 Å². The van der Waals surface area contributed by atoms with Gasteiger partial charge in [-0.15, -0.1) is 5.10 Å². The molecule has 0 radical (unpaired) electrons. The summed E-state index contributed by atoms with van der Waals surface area (Å²) in [6.45, 7) is 2.12. The second kappa shape index (κ2) is 3.15. The van der Waals surface area contributed by atoms with Gasteiger partial charge in [0.15, 0.2) is 17.0 Å². The molecule has 0 unspecified atom stereocenters. The molecule has 2 aromatic rings. The summed E-state index contributed by atoms with van der Waals surface area (Å²) in [5.41, 5.74) is 1.61. The van der Waals surface area contributed by atoms with E-state index in [1.54, 1.807) is 11.0 Å². The quantitative estimate of drug-likeness (QED) is 0.671. The molecule has 1 fully saturated rings. The van der Waals surface area contributed by atoms with Gasteiger partial charge in [0.05, 0.1) is 0 Å². The first-order valence-corrected chi connectivity index (χ1v) is 5.11. The van der Waals surface area contributed by atoms with E-state index in [1.807, 2.05) is 7.05 Å². The normalized spacial score (nSPS) is 16.5. The molecule has 15 heavy (non-hydrogen) atoms. The lowest BCUT2D eigenvalue weighted by molar-refractivity contribution is 0.729. The molecule has 0 aliphatic carbocycles. The molecule has 1 aliphatic rings. The third-order valence-electron chi connectivity index (χ3n) is 2.77. The molecule has 1 aliphatic heterocycles. The summed E-state index contributed by atoms with van der Waals surface area (Å²) in [7, 11) is 1.84. The fourth-order valence-corrected chi connectivity index (χ4v) is 2.00. The average molecular weight is 204 g/mol. The lowest BCUT2D eigenvalue weighted by Crippen LogP contribution is -2.19. The van der Waals surface area contributed by atoms with Crippen LogP contribution in [0.4, 0.5) is 5.82 Å². The summed E-state index contributed by atoms with van der Waals surface area (Å²) >= 11 is 0. The van der Waals surface area contributed by atoms with E-state index in [-0.39, 0.29) is 0 Å². The zero-order chi connectivity index (χ0) is 10.3. The molecular weight excluding hydrogens is 192 g/mol. The van der Waals surface area contributed by atoms with E-state index >= 15 is 0 Å². The van der Waals surface area contributed by atoms with Crippen LogP contribution in [0.15, 0.2) is 6.33 Å². The Bertz CT molecular complexity index is 484. The first-order valence-electron chi connectivity index (χ1n) is 5.11. The highest BCUT2D eigenvalue weighted by Gasteiger charge is 2.18. The van der Waals surface area contributed by atoms with Crippen LogP contribution >= 0.6 is 0 Å². The minimum Gasteiger partial charge on any atom is -0.355 e. The molecule has 0 N–H and O–H groups in total. The number of aryl methyl sites for hydroxylation is 1. The minimum absolute atomic E-state index is 0.798. The lowest BCUT2D eigenvalue weighted by atomic mass is 10.4. The van der Waals surface area contributed by atoms with Crippen molar-refractivity contribution in [1.82, 2.24) is 25.0 Å². The molecule has 3 rings (SSSR count). The van der Waals surface area contributed by atoms with E-state index in [0.29, 0.717) is 0 Å². The topological polar surface area (TPSA) is 59.7 Å². The molecule has 0 bridgehead atoms. The van der Waals surface area contributed by atoms with Gasteiger partial charge in [-0.25, -0.2) is 14.6 Å². The van der Waals surface area contributed by atoms with Gasteiger partial charge in [-0.1, -0.05) is 5.21 Å². The highest BCUT2D eigenvalue weighted by Crippen LogP contribution is 2.23. The van der Waals surface area contributed by atoms with Crippen LogP contribution in [0.2, 0.25) is 0 Å². The summed E-state index contributed by atoms with van der Waals surface area (Å²) < 4.78 is 1.68. The van der Waals surface area contributed by atoms with Gasteiger partial charge in [0, 0.05) is 20.1 Å². The first kappa shape index (κ1) is 8.58. The summed E-state index contributed by atoms with van der Waals surface area (Å²) in [5.74, 6) is 0.922. The molecule has 6 nitrogen and oxygen atoms in total. The summed E-state index contributed by atoms with van der Waals surface area (Å²) in [6.07, 6.45) is 4.04. The lowest BCUT2D eigenvalue weighted by Gasteiger charge is -2.15. The molecule has 0 aromatic carbocycles. The van der Waals surface area contributed by atoms with E-state index in [1.165, 1.54) is 12.8 Å². The summed E-state index contributed by atoms with van der Waals surface area (Å²) in [4.78, 5) is 10.7. The van der Waals surface area contributed by atoms with Gasteiger partial charge in [0.1, 0.15) is 6.33 Å². The first-order chi connectivity index (χ1) is 7.36. The minimum atomic E-state index is 0.798. The van der Waals surface area contributed by atoms with Crippen molar-refractivity contribution in [3.63, 3.8) is 0 Å². The second-order valence-electron chi connectivity index (χ2n) is 3.78. The van der Waals surface area contributed by atoms with Crippen molar-refractivity contribution in [1.29, 1.82) is 0 Å². The van der Waals surface area contributed by atoms with Gasteiger partial charge in [-0.3, -0.25) is 0 Å². The van der Waals surface area contributed by atoms with E-state index in [9.17, 15) is 0 Å². The van der Waals surface area contributed by atoms with Crippen LogP contribution in [0.3, 0.4) is 0 Å². The molecule has 0 atom stereocenters. The molecule has 78 valence electrons. The van der Waals surface area contributed by atoms with Crippen LogP contribution < -0.4 is 4.90 Å². The molecule has 0 amide bonds. The molecule has 3 heterocycles. The number of hydrogen-bond donors (Lipinski definition) is 0. The zero-order valence-electron chi connectivity index (χ0n) is 8.59. The third-order valence-corrected chi connectivity index (χ3v) is 2.77. The Kier molecular flexibility index (Phi) is 1.80. The van der Waals surface area contributed by atoms with Crippen LogP contribution in [-0.4, -0.2) is 38.1 Å². The number of rotatable bonds is 1. The van der Waals surface area contributed by atoms with Gasteiger partial charge in [-0.05, 0) is 12.8 Å². The standard InChI is InChI=1S/C9H12N6/c1-14-8-7(12-13-14)9(11-6-10-8)15-4-2-3-5-15/h6H,2-5H2,1H3. The maximum Gasteiger partial charge on any atom is 0.183 e. The van der Waals surface area contributed by atoms with Crippen LogP contribution in [0, 0.1) is 0 Å². The predicted octanol–water partition coefficient (Wildman–Crippen LogP) is 0.358. The number of anilines is 1. The molecule has 2 aromatic heterocycles. The van der Waals surface area contributed by atoms with Gasteiger partial charge in [0.2, 0.25) is 0 Å². The highest BCUT2D eigenvalue weighted by atomic mass is 15.4. The van der Waals surface area contributed by atoms with Gasteiger partial charge in [0.25, 0.3) is 0 Å². The summed E-state index contributed by atoms with van der Waals surface area (Å²) in [5, 5.41) is 8.07. The smallest absolute Gasteiger partial charge is 0.183 e. The number of fused-ring (bicyclic) bond motifs is 1. The third kappa shape index (κ3) is 1.25. The SMILES string of the molecule is Cn1nnc2c(N3CCCC3)ncnc21. The molecular formula is C9H12N6. The van der Waals surface area contributed by atoms with Crippen LogP contribution in [0.1, 0.15) is 12.8 Å². The maximum absolute atomic E-state index is 4.30. The van der Waals surface area contributed by atoms with Crippen molar-refractivity contribution in [2.75, 3.05) is 18.0 Å². The Morgan fingerprint density at radius 3 is 2.80 bits per heavy atom. The van der Waals surface area contributed by atoms with Crippen molar-refractivity contribution in [3.05, 3.63) is 6.33 Å². The van der Waals surface area contributed by atoms with Crippen molar-refractivity contribution in [2.24, 2.45) is 7.05 Å². The fraction of sp³-hybridized carbons (Fsp3) is 0.556. The Morgan fingerprint density at radius 2 is 2.00 bits per heavy atom. The summed E-state index contributed by atoms with van der Waals surface area (Å²) in [6, 6.07) is 0.